The van der Waals surface area contributed by atoms with Crippen LogP contribution in [0.2, 0.25) is 0 Å². The average molecular weight is 517 g/mol. The van der Waals surface area contributed by atoms with Crippen molar-refractivity contribution in [3.05, 3.63) is 63.4 Å². The number of halogens is 5. The van der Waals surface area contributed by atoms with Crippen LogP contribution in [0.25, 0.3) is 0 Å². The first-order valence-electron chi connectivity index (χ1n) is 9.73. The molecule has 1 heterocycles. The highest BCUT2D eigenvalue weighted by Crippen LogP contribution is 2.31. The summed E-state index contributed by atoms with van der Waals surface area (Å²) in [7, 11) is 0. The number of likely N-dealkylation sites (tertiary alicyclic amines) is 1. The molecule has 172 valence electrons. The molecule has 0 saturated carbocycles. The predicted molar refractivity (Wildman–Crippen MR) is 114 cm³/mol. The number of rotatable bonds is 6. The highest BCUT2D eigenvalue weighted by molar-refractivity contribution is 9.10. The van der Waals surface area contributed by atoms with E-state index in [2.05, 4.69) is 26.6 Å². The molecule has 2 aromatic rings. The molecule has 0 bridgehead atoms. The SMILES string of the molecule is Nc1ccc(C(F)(F)F)cc1C(=O)NCC(=O)N[C@@H]1CCN(Cc2ccc(Br)cc2F)C1. The Morgan fingerprint density at radius 3 is 2.62 bits per heavy atom. The Labute approximate surface area is 190 Å². The Morgan fingerprint density at radius 2 is 1.94 bits per heavy atom. The standard InChI is InChI=1S/C21H21BrF4N4O2/c22-14-3-1-12(17(23)8-14)10-30-6-5-15(11-30)29-19(31)9-28-20(32)16-7-13(21(24,25)26)2-4-18(16)27/h1-4,7-8,15H,5-6,9-11,27H2,(H,28,32)(H,29,31)/t15-/m1/s1. The largest absolute Gasteiger partial charge is 0.416 e. The minimum absolute atomic E-state index is 0.123. The van der Waals surface area contributed by atoms with Gasteiger partial charge in [-0.2, -0.15) is 13.2 Å². The van der Waals surface area contributed by atoms with Gasteiger partial charge in [-0.05, 0) is 36.8 Å². The molecular weight excluding hydrogens is 496 g/mol. The Bertz CT molecular complexity index is 1020. The molecular formula is C21H21BrF4N4O2. The molecule has 3 rings (SSSR count). The third-order valence-corrected chi connectivity index (χ3v) is 5.57. The van der Waals surface area contributed by atoms with E-state index in [1.807, 2.05) is 4.90 Å². The molecule has 32 heavy (non-hydrogen) atoms. The van der Waals surface area contributed by atoms with Crippen LogP contribution in [0.5, 0.6) is 0 Å². The van der Waals surface area contributed by atoms with Crippen LogP contribution in [0, 0.1) is 5.82 Å². The number of carbonyl (C=O) groups excluding carboxylic acids is 2. The second-order valence-corrected chi connectivity index (χ2v) is 8.42. The van der Waals surface area contributed by atoms with Crippen LogP contribution >= 0.6 is 15.9 Å². The van der Waals surface area contributed by atoms with Crippen molar-refractivity contribution in [2.75, 3.05) is 25.4 Å². The van der Waals surface area contributed by atoms with Gasteiger partial charge in [-0.3, -0.25) is 14.5 Å². The van der Waals surface area contributed by atoms with Gasteiger partial charge in [-0.15, -0.1) is 0 Å². The Balaban J connectivity index is 1.49. The fourth-order valence-electron chi connectivity index (χ4n) is 3.45. The highest BCUT2D eigenvalue weighted by atomic mass is 79.9. The zero-order valence-electron chi connectivity index (χ0n) is 16.8. The maximum Gasteiger partial charge on any atom is 0.416 e. The van der Waals surface area contributed by atoms with Gasteiger partial charge >= 0.3 is 6.18 Å². The van der Waals surface area contributed by atoms with Gasteiger partial charge in [0.2, 0.25) is 5.91 Å². The van der Waals surface area contributed by atoms with E-state index in [-0.39, 0.29) is 23.1 Å². The molecule has 0 spiro atoms. The summed E-state index contributed by atoms with van der Waals surface area (Å²) >= 11 is 3.21. The Morgan fingerprint density at radius 1 is 1.19 bits per heavy atom. The van der Waals surface area contributed by atoms with Gasteiger partial charge < -0.3 is 16.4 Å². The van der Waals surface area contributed by atoms with E-state index >= 15 is 0 Å². The number of hydrogen-bond acceptors (Lipinski definition) is 4. The van der Waals surface area contributed by atoms with Crippen molar-refractivity contribution >= 4 is 33.4 Å². The third-order valence-electron chi connectivity index (χ3n) is 5.08. The molecule has 0 aliphatic carbocycles. The van der Waals surface area contributed by atoms with Gasteiger partial charge in [-0.25, -0.2) is 4.39 Å². The maximum absolute atomic E-state index is 14.0. The fraction of sp³-hybridized carbons (Fsp3) is 0.333. The summed E-state index contributed by atoms with van der Waals surface area (Å²) in [6, 6.07) is 7.10. The molecule has 0 unspecified atom stereocenters. The minimum Gasteiger partial charge on any atom is -0.398 e. The average Bonchev–Trinajstić information content (AvgIpc) is 3.14. The molecule has 1 aliphatic heterocycles. The van der Waals surface area contributed by atoms with Gasteiger partial charge in [0.05, 0.1) is 17.7 Å². The number of nitrogen functional groups attached to an aromatic ring is 1. The summed E-state index contributed by atoms with van der Waals surface area (Å²) in [5, 5.41) is 5.06. The number of nitrogens with one attached hydrogen (secondary N) is 2. The first-order valence-corrected chi connectivity index (χ1v) is 10.5. The Hall–Kier alpha value is -2.66. The second-order valence-electron chi connectivity index (χ2n) is 7.51. The lowest BCUT2D eigenvalue weighted by Crippen LogP contribution is -2.43. The molecule has 1 fully saturated rings. The van der Waals surface area contributed by atoms with Crippen LogP contribution in [0.3, 0.4) is 0 Å². The van der Waals surface area contributed by atoms with E-state index in [9.17, 15) is 27.2 Å². The lowest BCUT2D eigenvalue weighted by atomic mass is 10.1. The first-order chi connectivity index (χ1) is 15.0. The summed E-state index contributed by atoms with van der Waals surface area (Å²) < 4.78 is 53.2. The zero-order valence-corrected chi connectivity index (χ0v) is 18.4. The monoisotopic (exact) mass is 516 g/mol. The van der Waals surface area contributed by atoms with Gasteiger partial charge in [0.1, 0.15) is 5.82 Å². The van der Waals surface area contributed by atoms with Crippen LogP contribution in [0.1, 0.15) is 27.9 Å². The van der Waals surface area contributed by atoms with Crippen molar-refractivity contribution in [2.24, 2.45) is 0 Å². The van der Waals surface area contributed by atoms with Crippen molar-refractivity contribution in [1.82, 2.24) is 15.5 Å². The number of carbonyl (C=O) groups is 2. The summed E-state index contributed by atoms with van der Waals surface area (Å²) in [6.45, 7) is 1.16. The number of anilines is 1. The molecule has 1 atom stereocenters. The lowest BCUT2D eigenvalue weighted by molar-refractivity contribution is -0.137. The number of amides is 2. The van der Waals surface area contributed by atoms with Crippen LogP contribution in [0.15, 0.2) is 40.9 Å². The maximum atomic E-state index is 14.0. The third kappa shape index (κ3) is 6.19. The molecule has 0 aromatic heterocycles. The van der Waals surface area contributed by atoms with Crippen molar-refractivity contribution in [3.8, 4) is 0 Å². The van der Waals surface area contributed by atoms with Crippen molar-refractivity contribution in [2.45, 2.75) is 25.2 Å². The Kier molecular flexibility index (Phi) is 7.40. The molecule has 2 amide bonds. The molecule has 1 aliphatic rings. The van der Waals surface area contributed by atoms with E-state index < -0.39 is 30.1 Å². The number of alkyl halides is 3. The number of nitrogens with zero attached hydrogens (tertiary/aromatic N) is 1. The van der Waals surface area contributed by atoms with Gasteiger partial charge in [-0.1, -0.05) is 22.0 Å². The number of hydrogen-bond donors (Lipinski definition) is 3. The molecule has 6 nitrogen and oxygen atoms in total. The molecule has 0 radical (unpaired) electrons. The highest BCUT2D eigenvalue weighted by Gasteiger charge is 2.31. The predicted octanol–water partition coefficient (Wildman–Crippen LogP) is 3.31. The van der Waals surface area contributed by atoms with Crippen LogP contribution in [0.4, 0.5) is 23.2 Å². The summed E-state index contributed by atoms with van der Waals surface area (Å²) in [5.41, 5.74) is 4.67. The quantitative estimate of drug-likeness (QED) is 0.406. The summed E-state index contributed by atoms with van der Waals surface area (Å²) in [4.78, 5) is 26.4. The fourth-order valence-corrected chi connectivity index (χ4v) is 3.78. The van der Waals surface area contributed by atoms with Crippen LogP contribution in [-0.4, -0.2) is 42.4 Å². The number of benzene rings is 2. The van der Waals surface area contributed by atoms with Gasteiger partial charge in [0.25, 0.3) is 5.91 Å². The smallest absolute Gasteiger partial charge is 0.398 e. The van der Waals surface area contributed by atoms with Crippen molar-refractivity contribution < 1.29 is 27.2 Å². The topological polar surface area (TPSA) is 87.5 Å². The van der Waals surface area contributed by atoms with E-state index in [0.717, 1.165) is 12.1 Å². The van der Waals surface area contributed by atoms with E-state index in [4.69, 9.17) is 5.73 Å². The molecule has 2 aromatic carbocycles. The molecule has 1 saturated heterocycles. The van der Waals surface area contributed by atoms with Crippen molar-refractivity contribution in [1.29, 1.82) is 0 Å². The van der Waals surface area contributed by atoms with Crippen LogP contribution in [-0.2, 0) is 17.5 Å². The van der Waals surface area contributed by atoms with Gasteiger partial charge in [0, 0.05) is 41.4 Å². The lowest BCUT2D eigenvalue weighted by Gasteiger charge is -2.17. The van der Waals surface area contributed by atoms with Gasteiger partial charge in [0.15, 0.2) is 0 Å². The first kappa shape index (κ1) is 24.0. The summed E-state index contributed by atoms with van der Waals surface area (Å²) in [5.74, 6) is -1.67. The molecule has 11 heteroatoms. The normalized spacial score (nSPS) is 16.7. The number of nitrogens with two attached hydrogens (primary N) is 1. The van der Waals surface area contributed by atoms with E-state index in [1.165, 1.54) is 6.07 Å². The van der Waals surface area contributed by atoms with E-state index in [1.54, 1.807) is 12.1 Å². The zero-order chi connectivity index (χ0) is 23.5. The summed E-state index contributed by atoms with van der Waals surface area (Å²) in [6.07, 6.45) is -3.97. The molecule has 4 N–H and O–H groups in total. The minimum atomic E-state index is -4.62. The van der Waals surface area contributed by atoms with Crippen molar-refractivity contribution in [3.63, 3.8) is 0 Å². The van der Waals surface area contributed by atoms with E-state index in [0.29, 0.717) is 42.2 Å². The second kappa shape index (κ2) is 9.86. The van der Waals surface area contributed by atoms with Crippen LogP contribution < -0.4 is 16.4 Å².